The van der Waals surface area contributed by atoms with Gasteiger partial charge < -0.3 is 10.2 Å². The van der Waals surface area contributed by atoms with Gasteiger partial charge in [-0.15, -0.1) is 0 Å². The second kappa shape index (κ2) is 8.02. The van der Waals surface area contributed by atoms with Gasteiger partial charge in [-0.25, -0.2) is 0 Å². The SMILES string of the molecule is CC1CCCN(CC(C)NC(=O)c2cc([N+](=O)[O-])cc([N+](=O)[O-])c2)C1. The molecule has 1 aliphatic heterocycles. The van der Waals surface area contributed by atoms with Crippen LogP contribution in [0.5, 0.6) is 0 Å². The first-order valence-corrected chi connectivity index (χ1v) is 8.23. The van der Waals surface area contributed by atoms with Gasteiger partial charge in [0.25, 0.3) is 17.3 Å². The number of carbonyl (C=O) groups is 1. The molecule has 0 bridgehead atoms. The van der Waals surface area contributed by atoms with E-state index in [1.807, 2.05) is 6.92 Å². The zero-order valence-electron chi connectivity index (χ0n) is 14.3. The molecule has 1 saturated heterocycles. The molecule has 2 rings (SSSR count). The number of non-ortho nitro benzene ring substituents is 2. The maximum Gasteiger partial charge on any atom is 0.277 e. The van der Waals surface area contributed by atoms with Gasteiger partial charge in [-0.05, 0) is 32.2 Å². The number of nitrogens with one attached hydrogen (secondary N) is 1. The lowest BCUT2D eigenvalue weighted by molar-refractivity contribution is -0.394. The molecule has 0 aliphatic carbocycles. The molecule has 2 atom stereocenters. The maximum atomic E-state index is 12.3. The highest BCUT2D eigenvalue weighted by Crippen LogP contribution is 2.23. The van der Waals surface area contributed by atoms with E-state index in [-0.39, 0.29) is 11.6 Å². The molecule has 1 aromatic carbocycles. The molecule has 2 unspecified atom stereocenters. The molecule has 9 heteroatoms. The van der Waals surface area contributed by atoms with Crippen molar-refractivity contribution in [3.05, 3.63) is 44.0 Å². The van der Waals surface area contributed by atoms with Crippen molar-refractivity contribution in [2.24, 2.45) is 5.92 Å². The van der Waals surface area contributed by atoms with Crippen molar-refractivity contribution in [1.82, 2.24) is 10.2 Å². The maximum absolute atomic E-state index is 12.3. The molecule has 0 aromatic heterocycles. The Morgan fingerprint density at radius 2 is 1.88 bits per heavy atom. The number of nitrogens with zero attached hydrogens (tertiary/aromatic N) is 3. The zero-order chi connectivity index (χ0) is 18.6. The summed E-state index contributed by atoms with van der Waals surface area (Å²) in [4.78, 5) is 34.9. The van der Waals surface area contributed by atoms with Gasteiger partial charge in [-0.1, -0.05) is 6.92 Å². The lowest BCUT2D eigenvalue weighted by Gasteiger charge is -2.32. The lowest BCUT2D eigenvalue weighted by atomic mass is 10.00. The predicted octanol–water partition coefficient (Wildman–Crippen LogP) is 2.35. The molecule has 0 spiro atoms. The van der Waals surface area contributed by atoms with Crippen LogP contribution in [0.3, 0.4) is 0 Å². The highest BCUT2D eigenvalue weighted by molar-refractivity contribution is 5.95. The first kappa shape index (κ1) is 18.8. The molecule has 1 aliphatic rings. The highest BCUT2D eigenvalue weighted by atomic mass is 16.6. The number of piperidine rings is 1. The van der Waals surface area contributed by atoms with E-state index >= 15 is 0 Å². The van der Waals surface area contributed by atoms with Crippen molar-refractivity contribution in [2.75, 3.05) is 19.6 Å². The molecule has 0 saturated carbocycles. The fourth-order valence-electron chi connectivity index (χ4n) is 3.13. The fourth-order valence-corrected chi connectivity index (χ4v) is 3.13. The average molecular weight is 350 g/mol. The number of hydrogen-bond donors (Lipinski definition) is 1. The van der Waals surface area contributed by atoms with Crippen molar-refractivity contribution in [1.29, 1.82) is 0 Å². The summed E-state index contributed by atoms with van der Waals surface area (Å²) in [6.07, 6.45) is 2.33. The molecule has 1 amide bonds. The van der Waals surface area contributed by atoms with Gasteiger partial charge in [0.15, 0.2) is 0 Å². The zero-order valence-corrected chi connectivity index (χ0v) is 14.3. The summed E-state index contributed by atoms with van der Waals surface area (Å²) in [6.45, 7) is 6.67. The van der Waals surface area contributed by atoms with Crippen LogP contribution in [0.15, 0.2) is 18.2 Å². The van der Waals surface area contributed by atoms with Gasteiger partial charge in [0, 0.05) is 31.3 Å². The van der Waals surface area contributed by atoms with E-state index in [0.29, 0.717) is 12.5 Å². The lowest BCUT2D eigenvalue weighted by Crippen LogP contribution is -2.45. The Bertz CT molecular complexity index is 646. The van der Waals surface area contributed by atoms with E-state index in [0.717, 1.165) is 37.7 Å². The summed E-state index contributed by atoms with van der Waals surface area (Å²) in [7, 11) is 0. The molecule has 1 heterocycles. The van der Waals surface area contributed by atoms with E-state index in [4.69, 9.17) is 0 Å². The summed E-state index contributed by atoms with van der Waals surface area (Å²) in [5.74, 6) is 0.0698. The summed E-state index contributed by atoms with van der Waals surface area (Å²) in [6, 6.07) is 2.78. The number of amides is 1. The Kier molecular flexibility index (Phi) is 6.02. The molecule has 25 heavy (non-hydrogen) atoms. The molecular weight excluding hydrogens is 328 g/mol. The minimum atomic E-state index is -0.748. The van der Waals surface area contributed by atoms with Gasteiger partial charge in [0.05, 0.1) is 21.5 Å². The van der Waals surface area contributed by atoms with Crippen LogP contribution < -0.4 is 5.32 Å². The Balaban J connectivity index is 2.06. The van der Waals surface area contributed by atoms with Crippen molar-refractivity contribution in [2.45, 2.75) is 32.7 Å². The molecular formula is C16H22N4O5. The third-order valence-corrected chi connectivity index (χ3v) is 4.24. The summed E-state index contributed by atoms with van der Waals surface area (Å²) >= 11 is 0. The minimum absolute atomic E-state index is 0.0836. The Morgan fingerprint density at radius 1 is 1.28 bits per heavy atom. The monoisotopic (exact) mass is 350 g/mol. The number of nitro groups is 2. The van der Waals surface area contributed by atoms with Crippen molar-refractivity contribution < 1.29 is 14.6 Å². The Hall–Kier alpha value is -2.55. The average Bonchev–Trinajstić information content (AvgIpc) is 2.54. The van der Waals surface area contributed by atoms with E-state index in [1.54, 1.807) is 0 Å². The molecule has 0 radical (unpaired) electrons. The van der Waals surface area contributed by atoms with Gasteiger partial charge in [-0.2, -0.15) is 0 Å². The third-order valence-electron chi connectivity index (χ3n) is 4.24. The number of rotatable bonds is 6. The minimum Gasteiger partial charge on any atom is -0.348 e. The summed E-state index contributed by atoms with van der Waals surface area (Å²) in [5, 5.41) is 24.6. The third kappa shape index (κ3) is 5.21. The fraction of sp³-hybridized carbons (Fsp3) is 0.562. The van der Waals surface area contributed by atoms with Crippen LogP contribution in [-0.2, 0) is 0 Å². The van der Waals surface area contributed by atoms with Crippen LogP contribution in [0.2, 0.25) is 0 Å². The van der Waals surface area contributed by atoms with Gasteiger partial charge in [-0.3, -0.25) is 25.0 Å². The van der Waals surface area contributed by atoms with Crippen LogP contribution in [0, 0.1) is 26.1 Å². The first-order chi connectivity index (χ1) is 11.8. The largest absolute Gasteiger partial charge is 0.348 e. The highest BCUT2D eigenvalue weighted by Gasteiger charge is 2.22. The van der Waals surface area contributed by atoms with Crippen molar-refractivity contribution in [3.8, 4) is 0 Å². The second-order valence-electron chi connectivity index (χ2n) is 6.63. The Morgan fingerprint density at radius 3 is 2.40 bits per heavy atom. The van der Waals surface area contributed by atoms with Gasteiger partial charge in [0.2, 0.25) is 0 Å². The number of carbonyl (C=O) groups excluding carboxylic acids is 1. The van der Waals surface area contributed by atoms with Crippen molar-refractivity contribution >= 4 is 17.3 Å². The van der Waals surface area contributed by atoms with E-state index in [1.165, 1.54) is 6.42 Å². The number of benzene rings is 1. The standard InChI is InChI=1S/C16H22N4O5/c1-11-4-3-5-18(9-11)10-12(2)17-16(21)13-6-14(19(22)23)8-15(7-13)20(24)25/h6-8,11-12H,3-5,9-10H2,1-2H3,(H,17,21). The molecule has 1 N–H and O–H groups in total. The second-order valence-corrected chi connectivity index (χ2v) is 6.63. The van der Waals surface area contributed by atoms with Crippen LogP contribution in [0.1, 0.15) is 37.0 Å². The van der Waals surface area contributed by atoms with Crippen LogP contribution >= 0.6 is 0 Å². The van der Waals surface area contributed by atoms with Crippen LogP contribution in [0.25, 0.3) is 0 Å². The first-order valence-electron chi connectivity index (χ1n) is 8.23. The number of hydrogen-bond acceptors (Lipinski definition) is 6. The molecule has 9 nitrogen and oxygen atoms in total. The smallest absolute Gasteiger partial charge is 0.277 e. The normalized spacial score (nSPS) is 19.2. The Labute approximate surface area is 145 Å². The quantitative estimate of drug-likeness (QED) is 0.621. The van der Waals surface area contributed by atoms with E-state index in [2.05, 4.69) is 17.1 Å². The van der Waals surface area contributed by atoms with Crippen LogP contribution in [-0.4, -0.2) is 46.3 Å². The van der Waals surface area contributed by atoms with Gasteiger partial charge >= 0.3 is 0 Å². The predicted molar refractivity (Wildman–Crippen MR) is 91.5 cm³/mol. The summed E-state index contributed by atoms with van der Waals surface area (Å²) in [5.41, 5.74) is -1.03. The van der Waals surface area contributed by atoms with Crippen LogP contribution in [0.4, 0.5) is 11.4 Å². The summed E-state index contributed by atoms with van der Waals surface area (Å²) < 4.78 is 0. The molecule has 1 aromatic rings. The van der Waals surface area contributed by atoms with E-state index in [9.17, 15) is 25.0 Å². The number of nitro benzene ring substituents is 2. The number of likely N-dealkylation sites (tertiary alicyclic amines) is 1. The topological polar surface area (TPSA) is 119 Å². The van der Waals surface area contributed by atoms with Crippen molar-refractivity contribution in [3.63, 3.8) is 0 Å². The van der Waals surface area contributed by atoms with Gasteiger partial charge in [0.1, 0.15) is 0 Å². The van der Waals surface area contributed by atoms with E-state index < -0.39 is 27.1 Å². The molecule has 1 fully saturated rings. The molecule has 136 valence electrons.